The van der Waals surface area contributed by atoms with Crippen LogP contribution in [0.15, 0.2) is 12.1 Å². The van der Waals surface area contributed by atoms with E-state index in [2.05, 4.69) is 30.5 Å². The molecular formula is C14H21N3O. The highest BCUT2D eigenvalue weighted by atomic mass is 16.1. The topological polar surface area (TPSA) is 67.2 Å². The van der Waals surface area contributed by atoms with Crippen molar-refractivity contribution in [2.24, 2.45) is 0 Å². The molecule has 98 valence electrons. The average Bonchev–Trinajstić information content (AvgIpc) is 2.31. The molecule has 18 heavy (non-hydrogen) atoms. The van der Waals surface area contributed by atoms with Crippen LogP contribution in [-0.2, 0) is 11.2 Å². The zero-order chi connectivity index (χ0) is 13.1. The average molecular weight is 247 g/mol. The Labute approximate surface area is 108 Å². The van der Waals surface area contributed by atoms with Crippen molar-refractivity contribution >= 4 is 23.0 Å². The number of carbonyl (C=O) groups excluding carboxylic acids is 1. The maximum absolute atomic E-state index is 11.3. The first kappa shape index (κ1) is 12.7. The van der Waals surface area contributed by atoms with Crippen molar-refractivity contribution in [3.05, 3.63) is 17.7 Å². The van der Waals surface area contributed by atoms with E-state index >= 15 is 0 Å². The van der Waals surface area contributed by atoms with Crippen LogP contribution in [0.5, 0.6) is 0 Å². The Kier molecular flexibility index (Phi) is 3.75. The summed E-state index contributed by atoms with van der Waals surface area (Å²) in [7, 11) is 0. The molecule has 0 aliphatic carbocycles. The number of rotatable bonds is 4. The van der Waals surface area contributed by atoms with Gasteiger partial charge in [-0.2, -0.15) is 0 Å². The normalized spacial score (nSPS) is 15.8. The van der Waals surface area contributed by atoms with Crippen LogP contribution in [0, 0.1) is 0 Å². The zero-order valence-corrected chi connectivity index (χ0v) is 11.0. The molecule has 2 rings (SSSR count). The van der Waals surface area contributed by atoms with E-state index in [0.717, 1.165) is 36.2 Å². The highest BCUT2D eigenvalue weighted by molar-refractivity contribution is 5.95. The van der Waals surface area contributed by atoms with Crippen LogP contribution in [-0.4, -0.2) is 11.9 Å². The largest absolute Gasteiger partial charge is 0.397 e. The number of nitrogens with two attached hydrogens (primary N) is 1. The number of carbonyl (C=O) groups is 1. The number of nitrogens with one attached hydrogen (secondary N) is 2. The molecule has 0 aromatic heterocycles. The second-order valence-corrected chi connectivity index (χ2v) is 4.98. The molecule has 0 saturated heterocycles. The molecule has 0 spiro atoms. The Balaban J connectivity index is 2.20. The third-order valence-corrected chi connectivity index (χ3v) is 3.29. The van der Waals surface area contributed by atoms with Gasteiger partial charge in [-0.15, -0.1) is 0 Å². The van der Waals surface area contributed by atoms with Crippen LogP contribution in [0.2, 0.25) is 0 Å². The van der Waals surface area contributed by atoms with Crippen LogP contribution in [0.1, 0.15) is 38.7 Å². The van der Waals surface area contributed by atoms with E-state index in [1.54, 1.807) is 0 Å². The lowest BCUT2D eigenvalue weighted by molar-refractivity contribution is -0.116. The van der Waals surface area contributed by atoms with Crippen LogP contribution in [0.3, 0.4) is 0 Å². The Hall–Kier alpha value is -1.71. The monoisotopic (exact) mass is 247 g/mol. The lowest BCUT2D eigenvalue weighted by Gasteiger charge is -2.21. The van der Waals surface area contributed by atoms with Crippen LogP contribution < -0.4 is 16.4 Å². The number of benzene rings is 1. The van der Waals surface area contributed by atoms with Gasteiger partial charge >= 0.3 is 0 Å². The minimum Gasteiger partial charge on any atom is -0.397 e. The minimum absolute atomic E-state index is 0.0713. The number of anilines is 3. The standard InChI is InChI=1S/C14H21N3O/c1-3-4-9(2)16-13-7-10-5-6-14(18)17-12(10)8-11(13)15/h7-9,16H,3-6,15H2,1-2H3,(H,17,18). The number of aryl methyl sites for hydroxylation is 1. The van der Waals surface area contributed by atoms with Gasteiger partial charge in [0, 0.05) is 18.2 Å². The molecule has 1 aromatic carbocycles. The molecule has 0 saturated carbocycles. The summed E-state index contributed by atoms with van der Waals surface area (Å²) in [6, 6.07) is 4.33. The number of fused-ring (bicyclic) bond motifs is 1. The van der Waals surface area contributed by atoms with Gasteiger partial charge < -0.3 is 16.4 Å². The third-order valence-electron chi connectivity index (χ3n) is 3.29. The molecular weight excluding hydrogens is 226 g/mol. The van der Waals surface area contributed by atoms with E-state index < -0.39 is 0 Å². The van der Waals surface area contributed by atoms with E-state index in [4.69, 9.17) is 5.73 Å². The Morgan fingerprint density at radius 1 is 1.44 bits per heavy atom. The fourth-order valence-electron chi connectivity index (χ4n) is 2.34. The SMILES string of the molecule is CCCC(C)Nc1cc2c(cc1N)NC(=O)CC2. The summed E-state index contributed by atoms with van der Waals surface area (Å²) in [5.74, 6) is 0.0713. The van der Waals surface area contributed by atoms with E-state index in [0.29, 0.717) is 18.2 Å². The predicted octanol–water partition coefficient (Wildman–Crippen LogP) is 2.75. The van der Waals surface area contributed by atoms with E-state index in [1.807, 2.05) is 6.07 Å². The highest BCUT2D eigenvalue weighted by Crippen LogP contribution is 2.31. The highest BCUT2D eigenvalue weighted by Gasteiger charge is 2.17. The van der Waals surface area contributed by atoms with Gasteiger partial charge in [0.25, 0.3) is 0 Å². The van der Waals surface area contributed by atoms with E-state index in [9.17, 15) is 4.79 Å². The smallest absolute Gasteiger partial charge is 0.224 e. The van der Waals surface area contributed by atoms with Gasteiger partial charge in [0.2, 0.25) is 5.91 Å². The molecule has 1 aliphatic rings. The lowest BCUT2D eigenvalue weighted by Crippen LogP contribution is -2.21. The Morgan fingerprint density at radius 2 is 2.22 bits per heavy atom. The van der Waals surface area contributed by atoms with E-state index in [-0.39, 0.29) is 5.91 Å². The van der Waals surface area contributed by atoms with Crippen molar-refractivity contribution in [3.63, 3.8) is 0 Å². The predicted molar refractivity (Wildman–Crippen MR) is 75.8 cm³/mol. The number of hydrogen-bond donors (Lipinski definition) is 3. The number of nitrogen functional groups attached to an aromatic ring is 1. The Morgan fingerprint density at radius 3 is 2.94 bits per heavy atom. The summed E-state index contributed by atoms with van der Waals surface area (Å²) >= 11 is 0. The molecule has 0 fully saturated rings. The lowest BCUT2D eigenvalue weighted by atomic mass is 10.0. The van der Waals surface area contributed by atoms with Crippen molar-refractivity contribution < 1.29 is 4.79 Å². The van der Waals surface area contributed by atoms with Gasteiger partial charge in [-0.3, -0.25) is 4.79 Å². The van der Waals surface area contributed by atoms with Crippen LogP contribution in [0.25, 0.3) is 0 Å². The molecule has 4 heteroatoms. The van der Waals surface area contributed by atoms with Crippen molar-refractivity contribution in [3.8, 4) is 0 Å². The maximum atomic E-state index is 11.3. The summed E-state index contributed by atoms with van der Waals surface area (Å²) in [6.07, 6.45) is 3.61. The van der Waals surface area contributed by atoms with Gasteiger partial charge in [-0.05, 0) is 37.5 Å². The van der Waals surface area contributed by atoms with Crippen molar-refractivity contribution in [2.45, 2.75) is 45.6 Å². The summed E-state index contributed by atoms with van der Waals surface area (Å²) in [6.45, 7) is 4.33. The van der Waals surface area contributed by atoms with Crippen LogP contribution >= 0.6 is 0 Å². The number of amides is 1. The van der Waals surface area contributed by atoms with E-state index in [1.165, 1.54) is 0 Å². The van der Waals surface area contributed by atoms with Gasteiger partial charge in [0.1, 0.15) is 0 Å². The zero-order valence-electron chi connectivity index (χ0n) is 11.0. The fourth-order valence-corrected chi connectivity index (χ4v) is 2.34. The molecule has 0 bridgehead atoms. The van der Waals surface area contributed by atoms with Crippen LogP contribution in [0.4, 0.5) is 17.1 Å². The number of hydrogen-bond acceptors (Lipinski definition) is 3. The molecule has 1 aromatic rings. The van der Waals surface area contributed by atoms with Crippen molar-refractivity contribution in [1.82, 2.24) is 0 Å². The third kappa shape index (κ3) is 2.75. The van der Waals surface area contributed by atoms with Crippen molar-refractivity contribution in [1.29, 1.82) is 0 Å². The summed E-state index contributed by atoms with van der Waals surface area (Å²) in [5, 5.41) is 6.29. The maximum Gasteiger partial charge on any atom is 0.224 e. The van der Waals surface area contributed by atoms with Gasteiger partial charge in [-0.25, -0.2) is 0 Å². The second kappa shape index (κ2) is 5.29. The summed E-state index contributed by atoms with van der Waals surface area (Å²) < 4.78 is 0. The molecule has 1 heterocycles. The quantitative estimate of drug-likeness (QED) is 0.717. The summed E-state index contributed by atoms with van der Waals surface area (Å²) in [4.78, 5) is 11.3. The first-order valence-electron chi connectivity index (χ1n) is 6.59. The van der Waals surface area contributed by atoms with Gasteiger partial charge in [0.15, 0.2) is 0 Å². The van der Waals surface area contributed by atoms with Gasteiger partial charge in [0.05, 0.1) is 11.4 Å². The molecule has 4 nitrogen and oxygen atoms in total. The molecule has 1 unspecified atom stereocenters. The first-order chi connectivity index (χ1) is 8.60. The minimum atomic E-state index is 0.0713. The first-order valence-corrected chi connectivity index (χ1v) is 6.59. The van der Waals surface area contributed by atoms with Gasteiger partial charge in [-0.1, -0.05) is 13.3 Å². The fraction of sp³-hybridized carbons (Fsp3) is 0.500. The van der Waals surface area contributed by atoms with Crippen molar-refractivity contribution in [2.75, 3.05) is 16.4 Å². The molecule has 0 radical (unpaired) electrons. The summed E-state index contributed by atoms with van der Waals surface area (Å²) in [5.41, 5.74) is 9.71. The molecule has 1 atom stereocenters. The molecule has 4 N–H and O–H groups in total. The molecule has 1 amide bonds. The Bertz CT molecular complexity index is 457. The second-order valence-electron chi connectivity index (χ2n) is 4.98. The molecule has 1 aliphatic heterocycles.